The van der Waals surface area contributed by atoms with Gasteiger partial charge in [0.2, 0.25) is 5.89 Å². The molecule has 0 aliphatic carbocycles. The number of aldehydes is 1. The highest BCUT2D eigenvalue weighted by Gasteiger charge is 2.05. The van der Waals surface area contributed by atoms with E-state index in [4.69, 9.17) is 4.52 Å². The van der Waals surface area contributed by atoms with Gasteiger partial charge in [-0.2, -0.15) is 4.98 Å². The molecule has 2 aromatic rings. The quantitative estimate of drug-likeness (QED) is 0.433. The van der Waals surface area contributed by atoms with Gasteiger partial charge >= 0.3 is 0 Å². The lowest BCUT2D eigenvalue weighted by Crippen LogP contribution is -2.14. The van der Waals surface area contributed by atoms with Crippen molar-refractivity contribution in [1.29, 1.82) is 0 Å². The van der Waals surface area contributed by atoms with Crippen molar-refractivity contribution in [1.82, 2.24) is 10.1 Å². The molecule has 0 bridgehead atoms. The van der Waals surface area contributed by atoms with E-state index in [2.05, 4.69) is 22.4 Å². The molecule has 0 saturated carbocycles. The number of carbonyl (C=O) groups is 1. The Labute approximate surface area is 136 Å². The molecule has 0 aliphatic rings. The number of hydrogen-bond donors (Lipinski definition) is 1. The number of hydrogen-bond acceptors (Lipinski definition) is 5. The van der Waals surface area contributed by atoms with Gasteiger partial charge in [-0.15, -0.1) is 0 Å². The molecule has 1 aromatic carbocycles. The molecule has 1 N–H and O–H groups in total. The SMILES string of the molecule is Cc1noc(CCCCC(C)Nc2cccc(/C=C/C=O)c2)n1. The molecule has 0 spiro atoms. The summed E-state index contributed by atoms with van der Waals surface area (Å²) in [6.45, 7) is 4.00. The molecule has 0 radical (unpaired) electrons. The largest absolute Gasteiger partial charge is 0.383 e. The first-order valence-corrected chi connectivity index (χ1v) is 7.95. The fraction of sp³-hybridized carbons (Fsp3) is 0.389. The number of carbonyl (C=O) groups excluding carboxylic acids is 1. The number of aromatic nitrogens is 2. The first-order chi connectivity index (χ1) is 11.2. The summed E-state index contributed by atoms with van der Waals surface area (Å²) in [4.78, 5) is 14.6. The van der Waals surface area contributed by atoms with E-state index < -0.39 is 0 Å². The smallest absolute Gasteiger partial charge is 0.226 e. The lowest BCUT2D eigenvalue weighted by Gasteiger charge is -2.15. The van der Waals surface area contributed by atoms with Gasteiger partial charge < -0.3 is 9.84 Å². The Morgan fingerprint density at radius 1 is 1.35 bits per heavy atom. The van der Waals surface area contributed by atoms with Gasteiger partial charge in [0.1, 0.15) is 6.29 Å². The summed E-state index contributed by atoms with van der Waals surface area (Å²) in [7, 11) is 0. The van der Waals surface area contributed by atoms with Crippen LogP contribution in [0.4, 0.5) is 5.69 Å². The van der Waals surface area contributed by atoms with E-state index >= 15 is 0 Å². The summed E-state index contributed by atoms with van der Waals surface area (Å²) in [6.07, 6.45) is 8.13. The lowest BCUT2D eigenvalue weighted by molar-refractivity contribution is -0.104. The number of allylic oxidation sites excluding steroid dienone is 1. The van der Waals surface area contributed by atoms with Gasteiger partial charge in [-0.25, -0.2) is 0 Å². The van der Waals surface area contributed by atoms with Gasteiger partial charge in [-0.1, -0.05) is 29.8 Å². The zero-order valence-electron chi connectivity index (χ0n) is 13.7. The van der Waals surface area contributed by atoms with E-state index in [1.165, 1.54) is 6.08 Å². The van der Waals surface area contributed by atoms with E-state index in [9.17, 15) is 4.79 Å². The molecule has 23 heavy (non-hydrogen) atoms. The number of unbranched alkanes of at least 4 members (excludes halogenated alkanes) is 1. The molecule has 1 heterocycles. The topological polar surface area (TPSA) is 68.0 Å². The van der Waals surface area contributed by atoms with Crippen LogP contribution in [0.1, 0.15) is 43.5 Å². The van der Waals surface area contributed by atoms with Crippen molar-refractivity contribution in [2.24, 2.45) is 0 Å². The molecule has 0 fully saturated rings. The zero-order chi connectivity index (χ0) is 16.5. The second kappa shape index (κ2) is 8.88. The fourth-order valence-corrected chi connectivity index (χ4v) is 2.41. The second-order valence-corrected chi connectivity index (χ2v) is 5.65. The predicted octanol–water partition coefficient (Wildman–Crippen LogP) is 3.80. The van der Waals surface area contributed by atoms with Gasteiger partial charge in [0.05, 0.1) is 0 Å². The molecule has 1 atom stereocenters. The fourth-order valence-electron chi connectivity index (χ4n) is 2.41. The Balaban J connectivity index is 1.72. The molecular weight excluding hydrogens is 290 g/mol. The van der Waals surface area contributed by atoms with Crippen LogP contribution in [0.5, 0.6) is 0 Å². The van der Waals surface area contributed by atoms with Crippen molar-refractivity contribution in [2.45, 2.75) is 45.6 Å². The van der Waals surface area contributed by atoms with Crippen molar-refractivity contribution in [3.63, 3.8) is 0 Å². The molecule has 0 aliphatic heterocycles. The minimum atomic E-state index is 0.379. The highest BCUT2D eigenvalue weighted by atomic mass is 16.5. The van der Waals surface area contributed by atoms with Crippen LogP contribution in [0.3, 0.4) is 0 Å². The Kier molecular flexibility index (Phi) is 6.54. The third-order valence-corrected chi connectivity index (χ3v) is 3.51. The average Bonchev–Trinajstić information content (AvgIpc) is 2.95. The highest BCUT2D eigenvalue weighted by molar-refractivity contribution is 5.74. The Hall–Kier alpha value is -2.43. The van der Waals surface area contributed by atoms with E-state index in [0.29, 0.717) is 11.9 Å². The van der Waals surface area contributed by atoms with Gasteiger partial charge in [0, 0.05) is 18.2 Å². The predicted molar refractivity (Wildman–Crippen MR) is 91.2 cm³/mol. The van der Waals surface area contributed by atoms with Gasteiger partial charge in [-0.05, 0) is 50.5 Å². The van der Waals surface area contributed by atoms with Crippen LogP contribution in [-0.2, 0) is 11.2 Å². The summed E-state index contributed by atoms with van der Waals surface area (Å²) in [6, 6.07) is 8.41. The van der Waals surface area contributed by atoms with Crippen molar-refractivity contribution >= 4 is 18.0 Å². The van der Waals surface area contributed by atoms with Crippen LogP contribution < -0.4 is 5.32 Å². The van der Waals surface area contributed by atoms with Crippen molar-refractivity contribution in [2.75, 3.05) is 5.32 Å². The van der Waals surface area contributed by atoms with Gasteiger partial charge in [0.25, 0.3) is 0 Å². The van der Waals surface area contributed by atoms with Crippen LogP contribution in [0.2, 0.25) is 0 Å². The summed E-state index contributed by atoms with van der Waals surface area (Å²) in [5.74, 6) is 1.41. The molecule has 2 rings (SSSR count). The third kappa shape index (κ3) is 6.06. The van der Waals surface area contributed by atoms with Crippen molar-refractivity contribution < 1.29 is 9.32 Å². The zero-order valence-corrected chi connectivity index (χ0v) is 13.7. The molecule has 5 heteroatoms. The molecular formula is C18H23N3O2. The lowest BCUT2D eigenvalue weighted by atomic mass is 10.1. The van der Waals surface area contributed by atoms with E-state index in [0.717, 1.165) is 49.1 Å². The third-order valence-electron chi connectivity index (χ3n) is 3.51. The van der Waals surface area contributed by atoms with Crippen LogP contribution in [0, 0.1) is 6.92 Å². The number of rotatable bonds is 9. The molecule has 122 valence electrons. The van der Waals surface area contributed by atoms with E-state index in [1.807, 2.05) is 31.2 Å². The molecule has 0 amide bonds. The summed E-state index contributed by atoms with van der Waals surface area (Å²) in [5.41, 5.74) is 2.08. The maximum Gasteiger partial charge on any atom is 0.226 e. The first-order valence-electron chi connectivity index (χ1n) is 7.95. The number of aryl methyl sites for hydroxylation is 2. The normalized spacial score (nSPS) is 12.4. The van der Waals surface area contributed by atoms with Gasteiger partial charge in [0.15, 0.2) is 5.82 Å². The molecule has 1 aromatic heterocycles. The number of nitrogens with zero attached hydrogens (tertiary/aromatic N) is 2. The monoisotopic (exact) mass is 313 g/mol. The standard InChI is InChI=1S/C18H23N3O2/c1-14(7-3-4-11-18-20-15(2)21-23-18)19-17-10-5-8-16(13-17)9-6-12-22/h5-6,8-10,12-14,19H,3-4,7,11H2,1-2H3/b9-6+. The summed E-state index contributed by atoms with van der Waals surface area (Å²) < 4.78 is 5.10. The van der Waals surface area contributed by atoms with Crippen molar-refractivity contribution in [3.05, 3.63) is 47.6 Å². The van der Waals surface area contributed by atoms with Crippen LogP contribution >= 0.6 is 0 Å². The summed E-state index contributed by atoms with van der Waals surface area (Å²) >= 11 is 0. The minimum Gasteiger partial charge on any atom is -0.383 e. The first kappa shape index (κ1) is 16.9. The van der Waals surface area contributed by atoms with Crippen molar-refractivity contribution in [3.8, 4) is 0 Å². The molecule has 1 unspecified atom stereocenters. The van der Waals surface area contributed by atoms with E-state index in [-0.39, 0.29) is 0 Å². The maximum atomic E-state index is 10.4. The second-order valence-electron chi connectivity index (χ2n) is 5.65. The Bertz CT molecular complexity index is 649. The minimum absolute atomic E-state index is 0.379. The molecule has 0 saturated heterocycles. The van der Waals surface area contributed by atoms with Crippen LogP contribution in [0.25, 0.3) is 6.08 Å². The highest BCUT2D eigenvalue weighted by Crippen LogP contribution is 2.15. The summed E-state index contributed by atoms with van der Waals surface area (Å²) in [5, 5.41) is 7.28. The van der Waals surface area contributed by atoms with Crippen LogP contribution in [0.15, 0.2) is 34.9 Å². The van der Waals surface area contributed by atoms with Crippen LogP contribution in [-0.4, -0.2) is 22.5 Å². The molecule has 5 nitrogen and oxygen atoms in total. The number of benzene rings is 1. The van der Waals surface area contributed by atoms with Gasteiger partial charge in [-0.3, -0.25) is 4.79 Å². The number of nitrogens with one attached hydrogen (secondary N) is 1. The van der Waals surface area contributed by atoms with E-state index in [1.54, 1.807) is 6.08 Å². The average molecular weight is 313 g/mol. The maximum absolute atomic E-state index is 10.4. The Morgan fingerprint density at radius 2 is 2.22 bits per heavy atom. The Morgan fingerprint density at radius 3 is 2.96 bits per heavy atom. The number of anilines is 1.